The number of anilines is 2. The minimum atomic E-state index is -4.76. The van der Waals surface area contributed by atoms with Gasteiger partial charge in [0.05, 0.1) is 11.1 Å². The van der Waals surface area contributed by atoms with Crippen molar-refractivity contribution >= 4 is 17.4 Å². The standard InChI is InChI=1S/C22H25F4N3O2/c1-13(2)16-10-20(29-15-3-4-18(19(23)9-15)22(24,25)26)27-12-17(16)21(30)28-11-14-5-7-31-8-6-14/h3-4,9-10,12-14H,5-8,11H2,1-2H3,(H,27,29)(H,28,30). The summed E-state index contributed by atoms with van der Waals surface area (Å²) in [6, 6.07) is 4.24. The number of nitrogens with one attached hydrogen (secondary N) is 2. The molecular formula is C22H25F4N3O2. The van der Waals surface area contributed by atoms with Crippen LogP contribution in [0.15, 0.2) is 30.5 Å². The van der Waals surface area contributed by atoms with E-state index in [1.807, 2.05) is 13.8 Å². The van der Waals surface area contributed by atoms with Crippen LogP contribution in [0.3, 0.4) is 0 Å². The Morgan fingerprint density at radius 1 is 1.23 bits per heavy atom. The molecule has 0 saturated carbocycles. The molecule has 1 aromatic carbocycles. The second kappa shape index (κ2) is 9.64. The highest BCUT2D eigenvalue weighted by Gasteiger charge is 2.34. The first kappa shape index (κ1) is 23.0. The third kappa shape index (κ3) is 5.94. The lowest BCUT2D eigenvalue weighted by molar-refractivity contribution is -0.139. The van der Waals surface area contributed by atoms with E-state index in [9.17, 15) is 22.4 Å². The molecule has 1 fully saturated rings. The van der Waals surface area contributed by atoms with Crippen molar-refractivity contribution in [3.8, 4) is 0 Å². The minimum absolute atomic E-state index is 0.00304. The Morgan fingerprint density at radius 3 is 2.55 bits per heavy atom. The van der Waals surface area contributed by atoms with Crippen LogP contribution in [0, 0.1) is 11.7 Å². The van der Waals surface area contributed by atoms with Crippen LogP contribution in [0.25, 0.3) is 0 Å². The first-order valence-corrected chi connectivity index (χ1v) is 10.1. The first-order valence-electron chi connectivity index (χ1n) is 10.1. The van der Waals surface area contributed by atoms with Crippen molar-refractivity contribution < 1.29 is 27.1 Å². The zero-order valence-corrected chi connectivity index (χ0v) is 17.4. The van der Waals surface area contributed by atoms with Crippen LogP contribution >= 0.6 is 0 Å². The fourth-order valence-corrected chi connectivity index (χ4v) is 3.46. The van der Waals surface area contributed by atoms with Crippen LogP contribution in [0.5, 0.6) is 0 Å². The third-order valence-electron chi connectivity index (χ3n) is 5.24. The van der Waals surface area contributed by atoms with E-state index < -0.39 is 17.6 Å². The number of carbonyl (C=O) groups is 1. The lowest BCUT2D eigenvalue weighted by atomic mass is 9.97. The van der Waals surface area contributed by atoms with Crippen LogP contribution in [-0.2, 0) is 10.9 Å². The largest absolute Gasteiger partial charge is 0.419 e. The lowest BCUT2D eigenvalue weighted by Gasteiger charge is -2.22. The number of amides is 1. The van der Waals surface area contributed by atoms with Gasteiger partial charge in [0.2, 0.25) is 0 Å². The van der Waals surface area contributed by atoms with E-state index in [0.717, 1.165) is 30.5 Å². The molecule has 31 heavy (non-hydrogen) atoms. The van der Waals surface area contributed by atoms with E-state index in [0.29, 0.717) is 43.1 Å². The van der Waals surface area contributed by atoms with E-state index in [-0.39, 0.29) is 17.5 Å². The molecule has 1 aliphatic rings. The Kier molecular flexibility index (Phi) is 7.15. The van der Waals surface area contributed by atoms with E-state index in [2.05, 4.69) is 15.6 Å². The molecule has 1 aromatic heterocycles. The minimum Gasteiger partial charge on any atom is -0.381 e. The number of rotatable bonds is 6. The summed E-state index contributed by atoms with van der Waals surface area (Å²) in [5.74, 6) is -0.912. The molecule has 9 heteroatoms. The zero-order chi connectivity index (χ0) is 22.6. The number of alkyl halides is 3. The molecule has 2 heterocycles. The molecule has 1 amide bonds. The molecule has 0 atom stereocenters. The Balaban J connectivity index is 1.74. The molecule has 168 valence electrons. The second-order valence-corrected chi connectivity index (χ2v) is 7.89. The number of hydrogen-bond acceptors (Lipinski definition) is 4. The maximum Gasteiger partial charge on any atom is 0.419 e. The van der Waals surface area contributed by atoms with E-state index in [1.54, 1.807) is 6.07 Å². The maximum atomic E-state index is 13.8. The van der Waals surface area contributed by atoms with E-state index in [1.165, 1.54) is 6.20 Å². The molecule has 0 bridgehead atoms. The van der Waals surface area contributed by atoms with Crippen molar-refractivity contribution in [2.75, 3.05) is 25.1 Å². The van der Waals surface area contributed by atoms with Crippen molar-refractivity contribution in [2.45, 2.75) is 38.8 Å². The van der Waals surface area contributed by atoms with Gasteiger partial charge in [0.1, 0.15) is 11.6 Å². The smallest absolute Gasteiger partial charge is 0.381 e. The predicted octanol–water partition coefficient (Wildman–Crippen LogP) is 5.26. The van der Waals surface area contributed by atoms with Gasteiger partial charge < -0.3 is 15.4 Å². The molecule has 0 radical (unpaired) electrons. The van der Waals surface area contributed by atoms with E-state index in [4.69, 9.17) is 4.74 Å². The monoisotopic (exact) mass is 439 g/mol. The summed E-state index contributed by atoms with van der Waals surface area (Å²) < 4.78 is 57.4. The number of nitrogens with zero attached hydrogens (tertiary/aromatic N) is 1. The fraction of sp³-hybridized carbons (Fsp3) is 0.455. The summed E-state index contributed by atoms with van der Waals surface area (Å²) in [4.78, 5) is 16.9. The molecule has 1 aliphatic heterocycles. The van der Waals surface area contributed by atoms with Crippen LogP contribution in [0.4, 0.5) is 29.1 Å². The fourth-order valence-electron chi connectivity index (χ4n) is 3.46. The van der Waals surface area contributed by atoms with E-state index >= 15 is 0 Å². The maximum absolute atomic E-state index is 13.8. The highest BCUT2D eigenvalue weighted by molar-refractivity contribution is 5.95. The van der Waals surface area contributed by atoms with Crippen molar-refractivity contribution in [1.82, 2.24) is 10.3 Å². The van der Waals surface area contributed by atoms with Crippen LogP contribution in [0.1, 0.15) is 54.1 Å². The summed E-state index contributed by atoms with van der Waals surface area (Å²) in [5.41, 5.74) is -0.0320. The number of aromatic nitrogens is 1. The number of hydrogen-bond donors (Lipinski definition) is 2. The number of carbonyl (C=O) groups excluding carboxylic acids is 1. The van der Waals surface area contributed by atoms with Gasteiger partial charge in [-0.2, -0.15) is 13.2 Å². The summed E-state index contributed by atoms with van der Waals surface area (Å²) >= 11 is 0. The summed E-state index contributed by atoms with van der Waals surface area (Å²) in [6.07, 6.45) is -1.52. The topological polar surface area (TPSA) is 63.2 Å². The van der Waals surface area contributed by atoms with Gasteiger partial charge in [-0.15, -0.1) is 0 Å². The quantitative estimate of drug-likeness (QED) is 0.603. The Labute approximate surface area is 178 Å². The second-order valence-electron chi connectivity index (χ2n) is 7.89. The van der Waals surface area contributed by atoms with Gasteiger partial charge in [-0.05, 0) is 54.5 Å². The average molecular weight is 439 g/mol. The first-order chi connectivity index (χ1) is 14.6. The third-order valence-corrected chi connectivity index (χ3v) is 5.24. The molecule has 0 unspecified atom stereocenters. The molecule has 2 aromatic rings. The van der Waals surface area contributed by atoms with Crippen molar-refractivity contribution in [3.05, 3.63) is 53.0 Å². The van der Waals surface area contributed by atoms with Crippen molar-refractivity contribution in [2.24, 2.45) is 5.92 Å². The molecule has 5 nitrogen and oxygen atoms in total. The Morgan fingerprint density at radius 2 is 1.94 bits per heavy atom. The summed E-state index contributed by atoms with van der Waals surface area (Å²) in [7, 11) is 0. The van der Waals surface area contributed by atoms with Crippen molar-refractivity contribution in [3.63, 3.8) is 0 Å². The summed E-state index contributed by atoms with van der Waals surface area (Å²) in [6.45, 7) is 5.80. The Hall–Kier alpha value is -2.68. The molecule has 0 spiro atoms. The molecule has 0 aliphatic carbocycles. The summed E-state index contributed by atoms with van der Waals surface area (Å²) in [5, 5.41) is 5.75. The molecule has 3 rings (SSSR count). The number of pyridine rings is 1. The van der Waals surface area contributed by atoms with Gasteiger partial charge in [-0.1, -0.05) is 13.8 Å². The van der Waals surface area contributed by atoms with Crippen LogP contribution in [0.2, 0.25) is 0 Å². The lowest BCUT2D eigenvalue weighted by Crippen LogP contribution is -2.32. The highest BCUT2D eigenvalue weighted by atomic mass is 19.4. The number of ether oxygens (including phenoxy) is 1. The SMILES string of the molecule is CC(C)c1cc(Nc2ccc(C(F)(F)F)c(F)c2)ncc1C(=O)NCC1CCOCC1. The zero-order valence-electron chi connectivity index (χ0n) is 17.4. The Bertz CT molecular complexity index is 925. The van der Waals surface area contributed by atoms with Gasteiger partial charge in [-0.25, -0.2) is 9.37 Å². The normalized spacial score (nSPS) is 15.2. The number of halogens is 4. The molecule has 2 N–H and O–H groups in total. The highest BCUT2D eigenvalue weighted by Crippen LogP contribution is 2.33. The van der Waals surface area contributed by atoms with Crippen LogP contribution in [-0.4, -0.2) is 30.6 Å². The van der Waals surface area contributed by atoms with Crippen LogP contribution < -0.4 is 10.6 Å². The van der Waals surface area contributed by atoms with Gasteiger partial charge in [0.25, 0.3) is 5.91 Å². The number of benzene rings is 1. The van der Waals surface area contributed by atoms with Gasteiger partial charge in [0.15, 0.2) is 0 Å². The van der Waals surface area contributed by atoms with Gasteiger partial charge in [0, 0.05) is 31.6 Å². The molecule has 1 saturated heterocycles. The molecular weight excluding hydrogens is 414 g/mol. The predicted molar refractivity (Wildman–Crippen MR) is 109 cm³/mol. The average Bonchev–Trinajstić information content (AvgIpc) is 2.72. The van der Waals surface area contributed by atoms with Gasteiger partial charge in [-0.3, -0.25) is 4.79 Å². The van der Waals surface area contributed by atoms with Gasteiger partial charge >= 0.3 is 6.18 Å². The van der Waals surface area contributed by atoms with Crippen molar-refractivity contribution in [1.29, 1.82) is 0 Å².